The highest BCUT2D eigenvalue weighted by Crippen LogP contribution is 2.10. The monoisotopic (exact) mass is 215 g/mol. The Morgan fingerprint density at radius 3 is 2.07 bits per heavy atom. The van der Waals surface area contributed by atoms with Crippen molar-refractivity contribution >= 4 is 0 Å². The molecule has 2 heteroatoms. The largest absolute Gasteiger partial charge is 0.396 e. The third-order valence-corrected chi connectivity index (χ3v) is 3.04. The van der Waals surface area contributed by atoms with Crippen molar-refractivity contribution in [2.75, 3.05) is 13.7 Å². The van der Waals surface area contributed by atoms with Crippen LogP contribution in [0.3, 0.4) is 0 Å². The average molecular weight is 215 g/mol. The summed E-state index contributed by atoms with van der Waals surface area (Å²) in [5.74, 6) is 0. The van der Waals surface area contributed by atoms with Crippen LogP contribution in [0.2, 0.25) is 0 Å². The second kappa shape index (κ2) is 12.0. The van der Waals surface area contributed by atoms with Crippen LogP contribution in [-0.2, 0) is 0 Å². The van der Waals surface area contributed by atoms with Crippen molar-refractivity contribution in [3.05, 3.63) is 0 Å². The molecule has 0 saturated carbocycles. The van der Waals surface area contributed by atoms with Crippen molar-refractivity contribution in [3.8, 4) is 0 Å². The van der Waals surface area contributed by atoms with Crippen LogP contribution >= 0.6 is 0 Å². The van der Waals surface area contributed by atoms with E-state index >= 15 is 0 Å². The van der Waals surface area contributed by atoms with Gasteiger partial charge in [0.25, 0.3) is 0 Å². The van der Waals surface area contributed by atoms with Gasteiger partial charge < -0.3 is 10.4 Å². The van der Waals surface area contributed by atoms with Crippen LogP contribution in [0.5, 0.6) is 0 Å². The van der Waals surface area contributed by atoms with E-state index in [9.17, 15) is 0 Å². The van der Waals surface area contributed by atoms with Gasteiger partial charge in [-0.15, -0.1) is 0 Å². The molecule has 0 radical (unpaired) electrons. The molecular formula is C13H29NO. The maximum absolute atomic E-state index is 8.83. The summed E-state index contributed by atoms with van der Waals surface area (Å²) in [5, 5.41) is 12.1. The maximum atomic E-state index is 8.83. The molecule has 0 spiro atoms. The van der Waals surface area contributed by atoms with Crippen LogP contribution in [0.1, 0.15) is 64.7 Å². The molecule has 0 fully saturated rings. The van der Waals surface area contributed by atoms with E-state index in [4.69, 9.17) is 5.11 Å². The second-order valence-electron chi connectivity index (χ2n) is 4.41. The van der Waals surface area contributed by atoms with Gasteiger partial charge in [0.1, 0.15) is 0 Å². The average Bonchev–Trinajstić information content (AvgIpc) is 2.26. The van der Waals surface area contributed by atoms with Crippen molar-refractivity contribution in [2.45, 2.75) is 70.8 Å². The minimum Gasteiger partial charge on any atom is -0.396 e. The van der Waals surface area contributed by atoms with Gasteiger partial charge in [-0.25, -0.2) is 0 Å². The van der Waals surface area contributed by atoms with Gasteiger partial charge in [0.2, 0.25) is 0 Å². The van der Waals surface area contributed by atoms with Crippen molar-refractivity contribution in [3.63, 3.8) is 0 Å². The summed E-state index contributed by atoms with van der Waals surface area (Å²) >= 11 is 0. The van der Waals surface area contributed by atoms with E-state index in [2.05, 4.69) is 12.2 Å². The van der Waals surface area contributed by atoms with Gasteiger partial charge in [-0.1, -0.05) is 51.9 Å². The van der Waals surface area contributed by atoms with E-state index in [-0.39, 0.29) is 0 Å². The third kappa shape index (κ3) is 10.2. The standard InChI is InChI=1S/C13H29NO/c1-3-4-5-6-7-8-9-10-13(14-2)11-12-15/h13-15H,3-12H2,1-2H3. The molecule has 0 amide bonds. The van der Waals surface area contributed by atoms with E-state index in [1.54, 1.807) is 0 Å². The van der Waals surface area contributed by atoms with Gasteiger partial charge in [0, 0.05) is 12.6 Å². The van der Waals surface area contributed by atoms with E-state index < -0.39 is 0 Å². The molecule has 0 aromatic rings. The highest BCUT2D eigenvalue weighted by atomic mass is 16.3. The molecule has 15 heavy (non-hydrogen) atoms. The van der Waals surface area contributed by atoms with E-state index in [0.717, 1.165) is 6.42 Å². The molecule has 0 aliphatic heterocycles. The van der Waals surface area contributed by atoms with E-state index in [1.807, 2.05) is 7.05 Å². The zero-order chi connectivity index (χ0) is 11.4. The van der Waals surface area contributed by atoms with Gasteiger partial charge >= 0.3 is 0 Å². The predicted octanol–water partition coefficient (Wildman–Crippen LogP) is 3.10. The lowest BCUT2D eigenvalue weighted by Gasteiger charge is -2.14. The van der Waals surface area contributed by atoms with Crippen molar-refractivity contribution in [2.24, 2.45) is 0 Å². The first-order chi connectivity index (χ1) is 7.35. The molecule has 0 bridgehead atoms. The lowest BCUT2D eigenvalue weighted by Crippen LogP contribution is -2.26. The van der Waals surface area contributed by atoms with E-state index in [1.165, 1.54) is 51.4 Å². The molecule has 0 saturated heterocycles. The predicted molar refractivity (Wildman–Crippen MR) is 67.2 cm³/mol. The minimum absolute atomic E-state index is 0.308. The summed E-state index contributed by atoms with van der Waals surface area (Å²) in [5.41, 5.74) is 0. The minimum atomic E-state index is 0.308. The van der Waals surface area contributed by atoms with E-state index in [0.29, 0.717) is 12.6 Å². The first kappa shape index (κ1) is 14.9. The van der Waals surface area contributed by atoms with Gasteiger partial charge in [-0.2, -0.15) is 0 Å². The maximum Gasteiger partial charge on any atom is 0.0445 e. The number of nitrogens with one attached hydrogen (secondary N) is 1. The quantitative estimate of drug-likeness (QED) is 0.519. The Labute approximate surface area is 95.5 Å². The fraction of sp³-hybridized carbons (Fsp3) is 1.00. The number of aliphatic hydroxyl groups excluding tert-OH is 1. The topological polar surface area (TPSA) is 32.3 Å². The second-order valence-corrected chi connectivity index (χ2v) is 4.41. The van der Waals surface area contributed by atoms with Crippen molar-refractivity contribution in [1.29, 1.82) is 0 Å². The van der Waals surface area contributed by atoms with Gasteiger partial charge in [-0.3, -0.25) is 0 Å². The van der Waals surface area contributed by atoms with Gasteiger partial charge in [-0.05, 0) is 19.9 Å². The number of hydrogen-bond donors (Lipinski definition) is 2. The molecule has 0 rings (SSSR count). The summed E-state index contributed by atoms with van der Waals surface area (Å²) in [7, 11) is 1.99. The molecule has 0 aromatic carbocycles. The molecule has 1 unspecified atom stereocenters. The van der Waals surface area contributed by atoms with Crippen LogP contribution in [0.4, 0.5) is 0 Å². The third-order valence-electron chi connectivity index (χ3n) is 3.04. The Kier molecular flexibility index (Phi) is 11.9. The molecule has 0 aliphatic rings. The first-order valence-electron chi connectivity index (χ1n) is 6.63. The lowest BCUT2D eigenvalue weighted by atomic mass is 10.0. The Morgan fingerprint density at radius 2 is 1.53 bits per heavy atom. The highest BCUT2D eigenvalue weighted by Gasteiger charge is 2.03. The van der Waals surface area contributed by atoms with Crippen LogP contribution < -0.4 is 5.32 Å². The molecule has 2 N–H and O–H groups in total. The summed E-state index contributed by atoms with van der Waals surface area (Å²) in [4.78, 5) is 0. The van der Waals surface area contributed by atoms with Crippen LogP contribution in [-0.4, -0.2) is 24.8 Å². The van der Waals surface area contributed by atoms with Crippen LogP contribution in [0, 0.1) is 0 Å². The Hall–Kier alpha value is -0.0800. The number of unbranched alkanes of at least 4 members (excludes halogenated alkanes) is 6. The molecule has 1 atom stereocenters. The summed E-state index contributed by atoms with van der Waals surface area (Å²) in [6.45, 7) is 2.56. The number of hydrogen-bond acceptors (Lipinski definition) is 2. The van der Waals surface area contributed by atoms with Gasteiger partial charge in [0.05, 0.1) is 0 Å². The fourth-order valence-electron chi connectivity index (χ4n) is 1.94. The normalized spacial score (nSPS) is 13.0. The zero-order valence-electron chi connectivity index (χ0n) is 10.6. The van der Waals surface area contributed by atoms with Crippen LogP contribution in [0.15, 0.2) is 0 Å². The number of rotatable bonds is 11. The SMILES string of the molecule is CCCCCCCCCC(CCO)NC. The first-order valence-corrected chi connectivity index (χ1v) is 6.63. The Morgan fingerprint density at radius 1 is 0.933 bits per heavy atom. The molecule has 2 nitrogen and oxygen atoms in total. The van der Waals surface area contributed by atoms with Gasteiger partial charge in [0.15, 0.2) is 0 Å². The van der Waals surface area contributed by atoms with Crippen molar-refractivity contribution < 1.29 is 5.11 Å². The van der Waals surface area contributed by atoms with Crippen molar-refractivity contribution in [1.82, 2.24) is 5.32 Å². The molecular weight excluding hydrogens is 186 g/mol. The molecule has 0 heterocycles. The molecule has 92 valence electrons. The number of aliphatic hydroxyl groups is 1. The summed E-state index contributed by atoms with van der Waals surface area (Å²) in [6, 6.07) is 0.519. The Balaban J connectivity index is 3.14. The smallest absolute Gasteiger partial charge is 0.0445 e. The Bertz CT molecular complexity index is 117. The highest BCUT2D eigenvalue weighted by molar-refractivity contribution is 4.63. The summed E-state index contributed by atoms with van der Waals surface area (Å²) < 4.78 is 0. The molecule has 0 aromatic heterocycles. The zero-order valence-corrected chi connectivity index (χ0v) is 10.6. The molecule has 0 aliphatic carbocycles. The lowest BCUT2D eigenvalue weighted by molar-refractivity contribution is 0.262. The fourth-order valence-corrected chi connectivity index (χ4v) is 1.94. The van der Waals surface area contributed by atoms with Crippen LogP contribution in [0.25, 0.3) is 0 Å². The summed E-state index contributed by atoms with van der Waals surface area (Å²) in [6.07, 6.45) is 11.7.